The molecule has 0 amide bonds. The van der Waals surface area contributed by atoms with Gasteiger partial charge >= 0.3 is 0 Å². The van der Waals surface area contributed by atoms with E-state index in [4.69, 9.17) is 4.98 Å². The highest BCUT2D eigenvalue weighted by Crippen LogP contribution is 2.38. The predicted molar refractivity (Wildman–Crippen MR) is 159 cm³/mol. The Bertz CT molecular complexity index is 1710. The second-order valence-electron chi connectivity index (χ2n) is 11.8. The SMILES string of the molecule is [2H][C@](Nc1cc(-c2cnn(C)c2)c2ncc(C#N)c(NCC(C)(C)C)c2c1)(C1=CN(C2CC2)NN1)c1ccc(F)cc1. The van der Waals surface area contributed by atoms with Crippen molar-refractivity contribution < 1.29 is 5.76 Å². The van der Waals surface area contributed by atoms with E-state index in [-0.39, 0.29) is 11.2 Å². The maximum Gasteiger partial charge on any atom is 0.123 e. The number of benzene rings is 2. The summed E-state index contributed by atoms with van der Waals surface area (Å²) in [6, 6.07) is 11.0. The Morgan fingerprint density at radius 2 is 2.00 bits per heavy atom. The number of nitriles is 1. The molecule has 1 aliphatic heterocycles. The summed E-state index contributed by atoms with van der Waals surface area (Å²) in [5, 5.41) is 24.0. The number of aryl methyl sites for hydroxylation is 1. The average Bonchev–Trinajstić information content (AvgIpc) is 3.51. The number of aromatic nitrogens is 3. The fraction of sp³-hybridized carbons (Fsp3) is 0.323. The molecule has 10 heteroatoms. The third-order valence-electron chi connectivity index (χ3n) is 7.10. The molecule has 4 aromatic rings. The van der Waals surface area contributed by atoms with Gasteiger partial charge in [0.05, 0.1) is 36.1 Å². The Hall–Kier alpha value is -4.62. The molecule has 1 fully saturated rings. The second-order valence-corrected chi connectivity index (χ2v) is 11.8. The molecule has 1 aliphatic carbocycles. The zero-order valence-electron chi connectivity index (χ0n) is 24.6. The van der Waals surface area contributed by atoms with Crippen LogP contribution in [-0.4, -0.2) is 32.4 Å². The minimum atomic E-state index is -1.51. The highest BCUT2D eigenvalue weighted by Gasteiger charge is 2.32. The molecule has 0 radical (unpaired) electrons. The van der Waals surface area contributed by atoms with E-state index in [1.807, 2.05) is 36.6 Å². The number of rotatable bonds is 8. The molecule has 3 heterocycles. The first-order valence-corrected chi connectivity index (χ1v) is 13.7. The molecule has 0 saturated heterocycles. The Labute approximate surface area is 240 Å². The lowest BCUT2D eigenvalue weighted by Crippen LogP contribution is -2.38. The number of hydrogen-bond acceptors (Lipinski definition) is 8. The number of hydrazine groups is 2. The molecule has 2 aromatic carbocycles. The van der Waals surface area contributed by atoms with E-state index in [9.17, 15) is 11.0 Å². The van der Waals surface area contributed by atoms with Crippen LogP contribution in [0.4, 0.5) is 15.8 Å². The molecule has 0 bridgehead atoms. The van der Waals surface area contributed by atoms with Crippen molar-refractivity contribution in [2.45, 2.75) is 45.7 Å². The molecule has 210 valence electrons. The van der Waals surface area contributed by atoms with Gasteiger partial charge in [-0.05, 0) is 48.1 Å². The van der Waals surface area contributed by atoms with Crippen LogP contribution in [0.15, 0.2) is 66.9 Å². The summed E-state index contributed by atoms with van der Waals surface area (Å²) in [4.78, 5) is 4.71. The van der Waals surface area contributed by atoms with Crippen LogP contribution in [0.25, 0.3) is 22.0 Å². The monoisotopic (exact) mass is 552 g/mol. The van der Waals surface area contributed by atoms with Crippen LogP contribution in [-0.2, 0) is 7.05 Å². The Morgan fingerprint density at radius 3 is 2.66 bits per heavy atom. The number of pyridine rings is 1. The average molecular weight is 553 g/mol. The molecule has 2 aromatic heterocycles. The molecule has 41 heavy (non-hydrogen) atoms. The third-order valence-corrected chi connectivity index (χ3v) is 7.10. The van der Waals surface area contributed by atoms with Gasteiger partial charge in [0.2, 0.25) is 0 Å². The highest BCUT2D eigenvalue weighted by molar-refractivity contribution is 6.04. The number of hydrogen-bond donors (Lipinski definition) is 4. The fourth-order valence-electron chi connectivity index (χ4n) is 4.84. The van der Waals surface area contributed by atoms with E-state index in [0.717, 1.165) is 29.4 Å². The largest absolute Gasteiger partial charge is 0.383 e. The van der Waals surface area contributed by atoms with E-state index >= 15 is 0 Å². The van der Waals surface area contributed by atoms with Gasteiger partial charge in [0.1, 0.15) is 11.9 Å². The maximum atomic E-state index is 14.0. The second kappa shape index (κ2) is 10.4. The van der Waals surface area contributed by atoms with E-state index in [0.29, 0.717) is 46.3 Å². The first-order chi connectivity index (χ1) is 20.0. The van der Waals surface area contributed by atoms with Crippen molar-refractivity contribution in [3.63, 3.8) is 0 Å². The van der Waals surface area contributed by atoms with E-state index in [2.05, 4.69) is 53.5 Å². The van der Waals surface area contributed by atoms with E-state index in [1.165, 1.54) is 12.1 Å². The van der Waals surface area contributed by atoms with E-state index in [1.54, 1.807) is 29.2 Å². The zero-order chi connectivity index (χ0) is 29.6. The number of anilines is 2. The molecule has 2 aliphatic rings. The molecule has 0 unspecified atom stereocenters. The van der Waals surface area contributed by atoms with Crippen molar-refractivity contribution in [2.24, 2.45) is 12.5 Å². The van der Waals surface area contributed by atoms with Gasteiger partial charge in [0.25, 0.3) is 0 Å². The van der Waals surface area contributed by atoms with Gasteiger partial charge in [0, 0.05) is 60.4 Å². The Balaban J connectivity index is 1.53. The number of fused-ring (bicyclic) bond motifs is 1. The van der Waals surface area contributed by atoms with Crippen LogP contribution in [0.1, 0.15) is 52.1 Å². The van der Waals surface area contributed by atoms with E-state index < -0.39 is 6.02 Å². The number of nitrogens with one attached hydrogen (secondary N) is 4. The Kier molecular flexibility index (Phi) is 6.44. The topological polar surface area (TPSA) is 106 Å². The molecular weight excluding hydrogens is 517 g/mol. The summed E-state index contributed by atoms with van der Waals surface area (Å²) < 4.78 is 25.5. The van der Waals surface area contributed by atoms with Gasteiger partial charge in [-0.25, -0.2) is 4.39 Å². The molecule has 4 N–H and O–H groups in total. The summed E-state index contributed by atoms with van der Waals surface area (Å²) in [7, 11) is 1.85. The smallest absolute Gasteiger partial charge is 0.123 e. The van der Waals surface area contributed by atoms with Crippen LogP contribution in [0.2, 0.25) is 0 Å². The first-order valence-electron chi connectivity index (χ1n) is 14.2. The van der Waals surface area contributed by atoms with Crippen molar-refractivity contribution in [3.8, 4) is 17.2 Å². The zero-order valence-corrected chi connectivity index (χ0v) is 23.6. The minimum absolute atomic E-state index is 0.0374. The minimum Gasteiger partial charge on any atom is -0.383 e. The third kappa shape index (κ3) is 5.67. The van der Waals surface area contributed by atoms with Gasteiger partial charge in [-0.3, -0.25) is 14.7 Å². The normalized spacial score (nSPS) is 16.9. The van der Waals surface area contributed by atoms with Crippen molar-refractivity contribution in [1.82, 2.24) is 30.7 Å². The molecule has 0 spiro atoms. The summed E-state index contributed by atoms with van der Waals surface area (Å²) in [6.45, 7) is 7.02. The van der Waals surface area contributed by atoms with Crippen LogP contribution in [0, 0.1) is 22.6 Å². The van der Waals surface area contributed by atoms with Crippen molar-refractivity contribution >= 4 is 22.3 Å². The predicted octanol–water partition coefficient (Wildman–Crippen LogP) is 5.59. The van der Waals surface area contributed by atoms with Crippen molar-refractivity contribution in [3.05, 3.63) is 83.8 Å². The van der Waals surface area contributed by atoms with Crippen LogP contribution < -0.4 is 21.6 Å². The lowest BCUT2D eigenvalue weighted by atomic mass is 9.95. The maximum absolute atomic E-state index is 14.0. The quantitative estimate of drug-likeness (QED) is 0.224. The molecule has 9 nitrogen and oxygen atoms in total. The summed E-state index contributed by atoms with van der Waals surface area (Å²) in [6.07, 6.45) is 9.32. The highest BCUT2D eigenvalue weighted by atomic mass is 19.1. The van der Waals surface area contributed by atoms with Gasteiger partial charge in [-0.1, -0.05) is 32.9 Å². The first kappa shape index (κ1) is 25.4. The lowest BCUT2D eigenvalue weighted by Gasteiger charge is -2.24. The van der Waals surface area contributed by atoms with Crippen molar-refractivity contribution in [2.75, 3.05) is 17.2 Å². The van der Waals surface area contributed by atoms with Crippen LogP contribution >= 0.6 is 0 Å². The van der Waals surface area contributed by atoms with Crippen LogP contribution in [0.5, 0.6) is 0 Å². The summed E-state index contributed by atoms with van der Waals surface area (Å²) in [5.41, 5.74) is 11.5. The van der Waals surface area contributed by atoms with Gasteiger partial charge in [0.15, 0.2) is 0 Å². The molecule has 6 rings (SSSR count). The molecular formula is C31H34FN9. The van der Waals surface area contributed by atoms with Gasteiger partial charge in [-0.15, -0.1) is 5.53 Å². The molecule has 1 saturated carbocycles. The van der Waals surface area contributed by atoms with Crippen molar-refractivity contribution in [1.29, 1.82) is 5.26 Å². The summed E-state index contributed by atoms with van der Waals surface area (Å²) >= 11 is 0. The van der Waals surface area contributed by atoms with Crippen LogP contribution in [0.3, 0.4) is 0 Å². The summed E-state index contributed by atoms with van der Waals surface area (Å²) in [5.74, 6) is -0.374. The Morgan fingerprint density at radius 1 is 1.22 bits per heavy atom. The number of halogens is 1. The lowest BCUT2D eigenvalue weighted by molar-refractivity contribution is 0.260. The molecule has 1 atom stereocenters. The van der Waals surface area contributed by atoms with Gasteiger partial charge < -0.3 is 16.1 Å². The standard InChI is InChI=1S/C31H34FN9/c1-31(2,3)18-35-28-20(13-33)14-34-30-25(21-15-36-40(4)16-21)11-23(12-26(28)30)37-29(19-5-7-22(32)8-6-19)27-17-41(39-38-27)24-9-10-24/h5-8,11-12,14-17,24,29,37-39H,9-10,18H2,1-4H3,(H,34,35)/t29-/m1/s1/i29D. The fourth-order valence-corrected chi connectivity index (χ4v) is 4.84. The number of nitrogens with zero attached hydrogens (tertiary/aromatic N) is 5. The van der Waals surface area contributed by atoms with Gasteiger partial charge in [-0.2, -0.15) is 10.4 Å².